The van der Waals surface area contributed by atoms with E-state index in [-0.39, 0.29) is 0 Å². The van der Waals surface area contributed by atoms with Gasteiger partial charge in [0.1, 0.15) is 0 Å². The van der Waals surface area contributed by atoms with E-state index in [0.717, 1.165) is 22.9 Å². The van der Waals surface area contributed by atoms with Crippen LogP contribution in [0.5, 0.6) is 0 Å². The van der Waals surface area contributed by atoms with Crippen LogP contribution in [0.3, 0.4) is 0 Å². The van der Waals surface area contributed by atoms with E-state index in [9.17, 15) is 0 Å². The number of methoxy groups -OCH3 is 1. The summed E-state index contributed by atoms with van der Waals surface area (Å²) in [6, 6.07) is 18.2. The van der Waals surface area contributed by atoms with Gasteiger partial charge in [0.25, 0.3) is 0 Å². The summed E-state index contributed by atoms with van der Waals surface area (Å²) in [4.78, 5) is 4.40. The Morgan fingerprint density at radius 1 is 1.05 bits per heavy atom. The van der Waals surface area contributed by atoms with Crippen LogP contribution in [0.25, 0.3) is 5.69 Å². The number of nitrogens with one attached hydrogen (secondary N) is 1. The SMILES string of the molecule is COCc1ccccc1-n1ccnc1Nc1ccccc1. The quantitative estimate of drug-likeness (QED) is 0.773. The average molecular weight is 279 g/mol. The van der Waals surface area contributed by atoms with E-state index in [1.807, 2.05) is 53.2 Å². The fraction of sp³-hybridized carbons (Fsp3) is 0.118. The molecule has 0 aliphatic heterocycles. The van der Waals surface area contributed by atoms with Gasteiger partial charge in [-0.2, -0.15) is 0 Å². The fourth-order valence-electron chi connectivity index (χ4n) is 2.26. The molecule has 0 spiro atoms. The third-order valence-electron chi connectivity index (χ3n) is 3.22. The maximum atomic E-state index is 5.27. The molecule has 1 N–H and O–H groups in total. The lowest BCUT2D eigenvalue weighted by atomic mass is 10.2. The number of benzene rings is 2. The molecule has 0 aliphatic carbocycles. The van der Waals surface area contributed by atoms with Crippen LogP contribution in [-0.2, 0) is 11.3 Å². The zero-order chi connectivity index (χ0) is 14.5. The monoisotopic (exact) mass is 279 g/mol. The van der Waals surface area contributed by atoms with Gasteiger partial charge in [0.15, 0.2) is 0 Å². The Kier molecular flexibility index (Phi) is 3.98. The summed E-state index contributed by atoms with van der Waals surface area (Å²) in [5, 5.41) is 3.33. The first kappa shape index (κ1) is 13.4. The Morgan fingerprint density at radius 2 is 1.81 bits per heavy atom. The molecule has 0 saturated carbocycles. The topological polar surface area (TPSA) is 39.1 Å². The average Bonchev–Trinajstić information content (AvgIpc) is 2.97. The molecular weight excluding hydrogens is 262 g/mol. The van der Waals surface area contributed by atoms with Crippen molar-refractivity contribution in [3.8, 4) is 5.69 Å². The van der Waals surface area contributed by atoms with Crippen molar-refractivity contribution in [1.82, 2.24) is 9.55 Å². The number of aromatic nitrogens is 2. The highest BCUT2D eigenvalue weighted by Gasteiger charge is 2.09. The van der Waals surface area contributed by atoms with Crippen LogP contribution in [-0.4, -0.2) is 16.7 Å². The summed E-state index contributed by atoms with van der Waals surface area (Å²) in [6.45, 7) is 0.569. The second-order valence-corrected chi connectivity index (χ2v) is 4.67. The molecule has 4 nitrogen and oxygen atoms in total. The zero-order valence-corrected chi connectivity index (χ0v) is 11.9. The normalized spacial score (nSPS) is 10.5. The van der Waals surface area contributed by atoms with Crippen molar-refractivity contribution < 1.29 is 4.74 Å². The smallest absolute Gasteiger partial charge is 0.212 e. The van der Waals surface area contributed by atoms with Gasteiger partial charge in [0.2, 0.25) is 5.95 Å². The van der Waals surface area contributed by atoms with Crippen LogP contribution < -0.4 is 5.32 Å². The van der Waals surface area contributed by atoms with Crippen molar-refractivity contribution in [3.05, 3.63) is 72.6 Å². The number of rotatable bonds is 5. The molecule has 0 aliphatic rings. The molecule has 4 heteroatoms. The number of para-hydroxylation sites is 2. The molecule has 2 aromatic carbocycles. The van der Waals surface area contributed by atoms with Crippen molar-refractivity contribution in [3.63, 3.8) is 0 Å². The van der Waals surface area contributed by atoms with E-state index in [1.165, 1.54) is 0 Å². The van der Waals surface area contributed by atoms with E-state index in [0.29, 0.717) is 6.61 Å². The molecule has 0 amide bonds. The highest BCUT2D eigenvalue weighted by Crippen LogP contribution is 2.22. The molecule has 106 valence electrons. The highest BCUT2D eigenvalue weighted by atomic mass is 16.5. The van der Waals surface area contributed by atoms with Crippen LogP contribution in [0.2, 0.25) is 0 Å². The molecule has 0 fully saturated rings. The van der Waals surface area contributed by atoms with E-state index in [4.69, 9.17) is 4.74 Å². The Morgan fingerprint density at radius 3 is 2.62 bits per heavy atom. The van der Waals surface area contributed by atoms with Crippen molar-refractivity contribution in [2.24, 2.45) is 0 Å². The van der Waals surface area contributed by atoms with Gasteiger partial charge in [-0.15, -0.1) is 0 Å². The second-order valence-electron chi connectivity index (χ2n) is 4.67. The van der Waals surface area contributed by atoms with Gasteiger partial charge in [0, 0.05) is 30.8 Å². The van der Waals surface area contributed by atoms with Gasteiger partial charge in [-0.1, -0.05) is 36.4 Å². The molecule has 1 aromatic heterocycles. The Hall–Kier alpha value is -2.59. The number of hydrogen-bond acceptors (Lipinski definition) is 3. The third kappa shape index (κ3) is 2.95. The van der Waals surface area contributed by atoms with Gasteiger partial charge < -0.3 is 10.1 Å². The van der Waals surface area contributed by atoms with Crippen LogP contribution in [0.1, 0.15) is 5.56 Å². The number of ether oxygens (including phenoxy) is 1. The van der Waals surface area contributed by atoms with E-state index in [1.54, 1.807) is 13.3 Å². The van der Waals surface area contributed by atoms with Gasteiger partial charge in [-0.25, -0.2) is 4.98 Å². The molecule has 3 aromatic rings. The molecule has 0 atom stereocenters. The minimum absolute atomic E-state index is 0.569. The van der Waals surface area contributed by atoms with E-state index in [2.05, 4.69) is 22.4 Å². The summed E-state index contributed by atoms with van der Waals surface area (Å²) in [7, 11) is 1.70. The third-order valence-corrected chi connectivity index (χ3v) is 3.22. The van der Waals surface area contributed by atoms with Crippen LogP contribution in [0, 0.1) is 0 Å². The zero-order valence-electron chi connectivity index (χ0n) is 11.9. The molecule has 0 unspecified atom stereocenters. The highest BCUT2D eigenvalue weighted by molar-refractivity contribution is 5.56. The molecule has 0 radical (unpaired) electrons. The number of imidazole rings is 1. The summed E-state index contributed by atoms with van der Waals surface area (Å²) in [5.74, 6) is 0.782. The van der Waals surface area contributed by atoms with Crippen molar-refractivity contribution in [2.45, 2.75) is 6.61 Å². The second kappa shape index (κ2) is 6.24. The number of nitrogens with zero attached hydrogens (tertiary/aromatic N) is 2. The Labute approximate surface area is 124 Å². The molecule has 0 saturated heterocycles. The Balaban J connectivity index is 1.96. The van der Waals surface area contributed by atoms with Crippen molar-refractivity contribution in [1.29, 1.82) is 0 Å². The first-order valence-electron chi connectivity index (χ1n) is 6.81. The van der Waals surface area contributed by atoms with Crippen LogP contribution in [0.4, 0.5) is 11.6 Å². The molecule has 1 heterocycles. The van der Waals surface area contributed by atoms with Crippen molar-refractivity contribution in [2.75, 3.05) is 12.4 Å². The molecule has 21 heavy (non-hydrogen) atoms. The molecule has 0 bridgehead atoms. The van der Waals surface area contributed by atoms with Gasteiger partial charge in [0.05, 0.1) is 12.3 Å². The van der Waals surface area contributed by atoms with Gasteiger partial charge in [-0.3, -0.25) is 4.57 Å². The van der Waals surface area contributed by atoms with Gasteiger partial charge in [-0.05, 0) is 18.2 Å². The summed E-state index contributed by atoms with van der Waals surface area (Å²) in [5.41, 5.74) is 3.19. The largest absolute Gasteiger partial charge is 0.380 e. The first-order valence-corrected chi connectivity index (χ1v) is 6.81. The lowest BCUT2D eigenvalue weighted by Crippen LogP contribution is -2.04. The predicted octanol–water partition coefficient (Wildman–Crippen LogP) is 3.76. The van der Waals surface area contributed by atoms with Crippen LogP contribution >= 0.6 is 0 Å². The van der Waals surface area contributed by atoms with Gasteiger partial charge >= 0.3 is 0 Å². The number of hydrogen-bond donors (Lipinski definition) is 1. The maximum Gasteiger partial charge on any atom is 0.212 e. The van der Waals surface area contributed by atoms with Crippen molar-refractivity contribution >= 4 is 11.6 Å². The lowest BCUT2D eigenvalue weighted by molar-refractivity contribution is 0.185. The summed E-state index contributed by atoms with van der Waals surface area (Å²) in [6.07, 6.45) is 3.73. The van der Waals surface area contributed by atoms with Crippen LogP contribution in [0.15, 0.2) is 67.0 Å². The molecular formula is C17H17N3O. The minimum Gasteiger partial charge on any atom is -0.380 e. The Bertz CT molecular complexity index is 707. The number of anilines is 2. The van der Waals surface area contributed by atoms with E-state index < -0.39 is 0 Å². The first-order chi connectivity index (χ1) is 10.4. The minimum atomic E-state index is 0.569. The maximum absolute atomic E-state index is 5.27. The van der Waals surface area contributed by atoms with E-state index >= 15 is 0 Å². The molecule has 3 rings (SSSR count). The standard InChI is InChI=1S/C17H17N3O/c1-21-13-14-7-5-6-10-16(14)20-12-11-18-17(20)19-15-8-3-2-4-9-15/h2-12H,13H2,1H3,(H,18,19). The summed E-state index contributed by atoms with van der Waals surface area (Å²) >= 11 is 0. The predicted molar refractivity (Wildman–Crippen MR) is 84.0 cm³/mol. The summed E-state index contributed by atoms with van der Waals surface area (Å²) < 4.78 is 7.30. The lowest BCUT2D eigenvalue weighted by Gasteiger charge is -2.13. The fourth-order valence-corrected chi connectivity index (χ4v) is 2.26.